The van der Waals surface area contributed by atoms with Gasteiger partial charge in [0.15, 0.2) is 11.6 Å². The van der Waals surface area contributed by atoms with Crippen molar-refractivity contribution in [1.29, 1.82) is 0 Å². The molecular formula is C15H13F3N6O. The Labute approximate surface area is 140 Å². The lowest BCUT2D eigenvalue weighted by atomic mass is 10.2. The van der Waals surface area contributed by atoms with E-state index in [2.05, 4.69) is 30.8 Å². The van der Waals surface area contributed by atoms with E-state index in [0.717, 1.165) is 18.3 Å². The standard InChI is InChI=1S/C15H13F3N6O/c1-25-9-2-11(16)10(12(17)3-9)6-19-14-13(18)7-20-15(24-14)23-8-4-21-22-5-8/h2-5,7H,6H2,1H3,(H,21,22)(H2,19,20,23,24). The minimum absolute atomic E-state index is 0.0542. The molecule has 130 valence electrons. The second kappa shape index (κ2) is 7.07. The number of nitrogens with zero attached hydrogens (tertiary/aromatic N) is 3. The third-order valence-electron chi connectivity index (χ3n) is 3.28. The van der Waals surface area contributed by atoms with Crippen molar-refractivity contribution in [1.82, 2.24) is 20.2 Å². The summed E-state index contributed by atoms with van der Waals surface area (Å²) in [5.74, 6) is -2.42. The third-order valence-corrected chi connectivity index (χ3v) is 3.28. The first-order valence-electron chi connectivity index (χ1n) is 7.11. The van der Waals surface area contributed by atoms with Gasteiger partial charge in [-0.1, -0.05) is 0 Å². The zero-order chi connectivity index (χ0) is 17.8. The molecule has 7 nitrogen and oxygen atoms in total. The van der Waals surface area contributed by atoms with Crippen LogP contribution in [0.15, 0.2) is 30.7 Å². The van der Waals surface area contributed by atoms with Gasteiger partial charge >= 0.3 is 0 Å². The van der Waals surface area contributed by atoms with Gasteiger partial charge in [-0.2, -0.15) is 10.1 Å². The Morgan fingerprint density at radius 3 is 2.52 bits per heavy atom. The molecule has 0 radical (unpaired) electrons. The van der Waals surface area contributed by atoms with Crippen LogP contribution >= 0.6 is 0 Å². The van der Waals surface area contributed by atoms with Gasteiger partial charge in [-0.15, -0.1) is 0 Å². The smallest absolute Gasteiger partial charge is 0.229 e. The maximum Gasteiger partial charge on any atom is 0.229 e. The van der Waals surface area contributed by atoms with Crippen molar-refractivity contribution in [3.05, 3.63) is 53.7 Å². The maximum atomic E-state index is 13.9. The number of anilines is 3. The number of aromatic nitrogens is 4. The number of ether oxygens (including phenoxy) is 1. The quantitative estimate of drug-likeness (QED) is 0.633. The van der Waals surface area contributed by atoms with Crippen molar-refractivity contribution in [2.45, 2.75) is 6.54 Å². The van der Waals surface area contributed by atoms with Crippen LogP contribution in [0.3, 0.4) is 0 Å². The molecule has 1 aromatic carbocycles. The van der Waals surface area contributed by atoms with Gasteiger partial charge in [0.2, 0.25) is 5.95 Å². The van der Waals surface area contributed by atoms with Crippen LogP contribution in [0.1, 0.15) is 5.56 Å². The summed E-state index contributed by atoms with van der Waals surface area (Å²) in [5.41, 5.74) is 0.313. The lowest BCUT2D eigenvalue weighted by Gasteiger charge is -2.11. The molecule has 0 unspecified atom stereocenters. The number of methoxy groups -OCH3 is 1. The van der Waals surface area contributed by atoms with Crippen molar-refractivity contribution in [2.24, 2.45) is 0 Å². The number of H-pyrrole nitrogens is 1. The molecule has 3 rings (SSSR count). The van der Waals surface area contributed by atoms with E-state index in [1.54, 1.807) is 6.20 Å². The monoisotopic (exact) mass is 350 g/mol. The molecule has 0 aliphatic heterocycles. The first kappa shape index (κ1) is 16.6. The van der Waals surface area contributed by atoms with Crippen LogP contribution in [0.5, 0.6) is 5.75 Å². The van der Waals surface area contributed by atoms with Crippen molar-refractivity contribution < 1.29 is 17.9 Å². The molecule has 0 fully saturated rings. The minimum Gasteiger partial charge on any atom is -0.497 e. The van der Waals surface area contributed by atoms with E-state index in [1.165, 1.54) is 13.3 Å². The number of nitrogens with one attached hydrogen (secondary N) is 3. The lowest BCUT2D eigenvalue weighted by Crippen LogP contribution is -2.09. The van der Waals surface area contributed by atoms with Crippen LogP contribution in [-0.4, -0.2) is 27.3 Å². The molecule has 3 aromatic rings. The van der Waals surface area contributed by atoms with Crippen LogP contribution in [-0.2, 0) is 6.54 Å². The Morgan fingerprint density at radius 1 is 1.12 bits per heavy atom. The van der Waals surface area contributed by atoms with Gasteiger partial charge in [0, 0.05) is 30.4 Å². The molecule has 0 saturated heterocycles. The zero-order valence-electron chi connectivity index (χ0n) is 13.0. The van der Waals surface area contributed by atoms with Crippen molar-refractivity contribution in [2.75, 3.05) is 17.7 Å². The molecule has 0 saturated carbocycles. The van der Waals surface area contributed by atoms with E-state index < -0.39 is 17.5 Å². The molecule has 0 atom stereocenters. The van der Waals surface area contributed by atoms with E-state index in [9.17, 15) is 13.2 Å². The normalized spacial score (nSPS) is 10.6. The highest BCUT2D eigenvalue weighted by molar-refractivity contribution is 5.52. The van der Waals surface area contributed by atoms with Gasteiger partial charge in [0.1, 0.15) is 17.4 Å². The molecule has 0 spiro atoms. The van der Waals surface area contributed by atoms with Gasteiger partial charge in [0.05, 0.1) is 25.2 Å². The molecule has 0 aliphatic rings. The summed E-state index contributed by atoms with van der Waals surface area (Å²) in [7, 11) is 1.30. The highest BCUT2D eigenvalue weighted by atomic mass is 19.1. The minimum atomic E-state index is -0.810. The van der Waals surface area contributed by atoms with Crippen molar-refractivity contribution in [3.8, 4) is 5.75 Å². The Morgan fingerprint density at radius 2 is 1.88 bits per heavy atom. The average molecular weight is 350 g/mol. The number of hydrogen-bond acceptors (Lipinski definition) is 6. The van der Waals surface area contributed by atoms with Crippen LogP contribution in [0.25, 0.3) is 0 Å². The molecular weight excluding hydrogens is 337 g/mol. The lowest BCUT2D eigenvalue weighted by molar-refractivity contribution is 0.405. The number of rotatable bonds is 6. The first-order valence-corrected chi connectivity index (χ1v) is 7.11. The molecule has 10 heteroatoms. The third kappa shape index (κ3) is 3.79. The summed E-state index contributed by atoms with van der Waals surface area (Å²) in [6, 6.07) is 2.09. The van der Waals surface area contributed by atoms with Crippen LogP contribution in [0.4, 0.5) is 30.6 Å². The molecule has 3 N–H and O–H groups in total. The summed E-state index contributed by atoms with van der Waals surface area (Å²) >= 11 is 0. The fraction of sp³-hybridized carbons (Fsp3) is 0.133. The highest BCUT2D eigenvalue weighted by Crippen LogP contribution is 2.22. The van der Waals surface area contributed by atoms with Crippen molar-refractivity contribution in [3.63, 3.8) is 0 Å². The van der Waals surface area contributed by atoms with Gasteiger partial charge in [0.25, 0.3) is 0 Å². The maximum absolute atomic E-state index is 13.9. The largest absolute Gasteiger partial charge is 0.497 e. The number of hydrogen-bond donors (Lipinski definition) is 3. The zero-order valence-corrected chi connectivity index (χ0v) is 13.0. The first-order chi connectivity index (χ1) is 12.1. The van der Waals surface area contributed by atoms with E-state index in [1.807, 2.05) is 0 Å². The fourth-order valence-electron chi connectivity index (χ4n) is 2.04. The fourth-order valence-corrected chi connectivity index (χ4v) is 2.04. The van der Waals surface area contributed by atoms with Gasteiger partial charge in [-0.25, -0.2) is 18.2 Å². The Balaban J connectivity index is 1.77. The van der Waals surface area contributed by atoms with Crippen molar-refractivity contribution >= 4 is 17.5 Å². The second-order valence-electron chi connectivity index (χ2n) is 4.93. The van der Waals surface area contributed by atoms with Crippen LogP contribution < -0.4 is 15.4 Å². The SMILES string of the molecule is COc1cc(F)c(CNc2nc(Nc3cn[nH]c3)ncc2F)c(F)c1. The number of aromatic amines is 1. The Hall–Kier alpha value is -3.30. The Kier molecular flexibility index (Phi) is 4.68. The molecule has 2 heterocycles. The summed E-state index contributed by atoms with van der Waals surface area (Å²) < 4.78 is 46.5. The predicted octanol–water partition coefficient (Wildman–Crippen LogP) is 2.98. The second-order valence-corrected chi connectivity index (χ2v) is 4.93. The van der Waals surface area contributed by atoms with Crippen LogP contribution in [0, 0.1) is 17.5 Å². The van der Waals surface area contributed by atoms with Gasteiger partial charge in [-0.3, -0.25) is 5.10 Å². The van der Waals surface area contributed by atoms with Gasteiger partial charge in [-0.05, 0) is 0 Å². The predicted molar refractivity (Wildman–Crippen MR) is 84.1 cm³/mol. The molecule has 0 aliphatic carbocycles. The topological polar surface area (TPSA) is 87.8 Å². The summed E-state index contributed by atoms with van der Waals surface area (Å²) in [5, 5.41) is 11.7. The van der Waals surface area contributed by atoms with E-state index >= 15 is 0 Å². The van der Waals surface area contributed by atoms with Gasteiger partial charge < -0.3 is 15.4 Å². The molecule has 2 aromatic heterocycles. The summed E-state index contributed by atoms with van der Waals surface area (Å²) in [4.78, 5) is 7.72. The number of benzene rings is 1. The molecule has 25 heavy (non-hydrogen) atoms. The van der Waals surface area contributed by atoms with E-state index in [0.29, 0.717) is 5.69 Å². The molecule has 0 amide bonds. The Bertz CT molecular complexity index is 849. The van der Waals surface area contributed by atoms with E-state index in [-0.39, 0.29) is 29.6 Å². The average Bonchev–Trinajstić information content (AvgIpc) is 3.09. The van der Waals surface area contributed by atoms with E-state index in [4.69, 9.17) is 4.74 Å². The highest BCUT2D eigenvalue weighted by Gasteiger charge is 2.14. The molecule has 0 bridgehead atoms. The van der Waals surface area contributed by atoms with Crippen LogP contribution in [0.2, 0.25) is 0 Å². The summed E-state index contributed by atoms with van der Waals surface area (Å²) in [6.07, 6.45) is 3.99. The summed E-state index contributed by atoms with van der Waals surface area (Å²) in [6.45, 7) is -0.305. The number of halogens is 3.